The molecule has 0 aliphatic carbocycles. The van der Waals surface area contributed by atoms with E-state index in [1.165, 1.54) is 0 Å². The smallest absolute Gasteiger partial charge is 0.117 e. The van der Waals surface area contributed by atoms with E-state index in [0.717, 1.165) is 31.7 Å². The van der Waals surface area contributed by atoms with Crippen molar-refractivity contribution in [1.29, 1.82) is 0 Å². The molecule has 0 radical (unpaired) electrons. The highest BCUT2D eigenvalue weighted by molar-refractivity contribution is 7.19. The fourth-order valence-electron chi connectivity index (χ4n) is 2.23. The van der Waals surface area contributed by atoms with Gasteiger partial charge in [0.25, 0.3) is 0 Å². The highest BCUT2D eigenvalue weighted by Crippen LogP contribution is 2.23. The number of hydrogen-bond donors (Lipinski definition) is 0. The maximum atomic E-state index is 4.55. The standard InChI is InChI=1S/C17H11N3S/c1-2-13-10-12(3-5-14(13)19-8-1)4-6-17-20-15-11-18-9-7-16(15)21-17/h1-11H/b6-4+. The van der Waals surface area contributed by atoms with Crippen LogP contribution < -0.4 is 0 Å². The van der Waals surface area contributed by atoms with Crippen molar-refractivity contribution in [2.45, 2.75) is 0 Å². The van der Waals surface area contributed by atoms with Crippen LogP contribution in [0.2, 0.25) is 0 Å². The first-order chi connectivity index (χ1) is 10.4. The van der Waals surface area contributed by atoms with E-state index in [1.54, 1.807) is 23.7 Å². The van der Waals surface area contributed by atoms with Gasteiger partial charge in [-0.1, -0.05) is 18.2 Å². The van der Waals surface area contributed by atoms with Crippen LogP contribution in [0.1, 0.15) is 10.6 Å². The maximum Gasteiger partial charge on any atom is 0.117 e. The van der Waals surface area contributed by atoms with Crippen molar-refractivity contribution in [3.05, 3.63) is 65.6 Å². The highest BCUT2D eigenvalue weighted by atomic mass is 32.1. The minimum atomic E-state index is 0.949. The summed E-state index contributed by atoms with van der Waals surface area (Å²) in [4.78, 5) is 13.0. The number of benzene rings is 1. The largest absolute Gasteiger partial charge is 0.262 e. The molecule has 0 aliphatic rings. The Balaban J connectivity index is 1.69. The first-order valence-corrected chi connectivity index (χ1v) is 7.43. The van der Waals surface area contributed by atoms with Gasteiger partial charge < -0.3 is 0 Å². The Hall–Kier alpha value is -2.59. The number of pyridine rings is 2. The van der Waals surface area contributed by atoms with Gasteiger partial charge in [0, 0.05) is 17.8 Å². The van der Waals surface area contributed by atoms with Crippen molar-refractivity contribution in [1.82, 2.24) is 15.0 Å². The molecule has 0 atom stereocenters. The Morgan fingerprint density at radius 2 is 1.95 bits per heavy atom. The zero-order chi connectivity index (χ0) is 14.1. The first kappa shape index (κ1) is 12.2. The summed E-state index contributed by atoms with van der Waals surface area (Å²) in [6, 6.07) is 12.3. The van der Waals surface area contributed by atoms with E-state index in [2.05, 4.69) is 39.2 Å². The monoisotopic (exact) mass is 289 g/mol. The Bertz CT molecular complexity index is 923. The Kier molecular flexibility index (Phi) is 2.94. The van der Waals surface area contributed by atoms with Gasteiger partial charge >= 0.3 is 0 Å². The second-order valence-electron chi connectivity index (χ2n) is 4.68. The molecule has 3 heterocycles. The lowest BCUT2D eigenvalue weighted by Gasteiger charge is -1.97. The lowest BCUT2D eigenvalue weighted by molar-refractivity contribution is 1.33. The van der Waals surface area contributed by atoms with E-state index in [1.807, 2.05) is 30.5 Å². The summed E-state index contributed by atoms with van der Waals surface area (Å²) in [5.74, 6) is 0. The number of nitrogens with zero attached hydrogens (tertiary/aromatic N) is 3. The van der Waals surface area contributed by atoms with Gasteiger partial charge in [-0.05, 0) is 35.9 Å². The van der Waals surface area contributed by atoms with Crippen LogP contribution >= 0.6 is 11.3 Å². The van der Waals surface area contributed by atoms with Gasteiger partial charge in [0.15, 0.2) is 0 Å². The minimum Gasteiger partial charge on any atom is -0.262 e. The van der Waals surface area contributed by atoms with Gasteiger partial charge in [-0.25, -0.2) is 4.98 Å². The predicted octanol–water partition coefficient (Wildman–Crippen LogP) is 4.41. The molecule has 0 aliphatic heterocycles. The Morgan fingerprint density at radius 1 is 0.952 bits per heavy atom. The van der Waals surface area contributed by atoms with Crippen molar-refractivity contribution in [3.8, 4) is 0 Å². The Labute approximate surface area is 125 Å². The maximum absolute atomic E-state index is 4.55. The number of aromatic nitrogens is 3. The van der Waals surface area contributed by atoms with Crippen LogP contribution in [0.15, 0.2) is 55.0 Å². The van der Waals surface area contributed by atoms with E-state index >= 15 is 0 Å². The normalized spacial score (nSPS) is 11.6. The molecule has 3 aromatic heterocycles. The number of fused-ring (bicyclic) bond motifs is 2. The van der Waals surface area contributed by atoms with E-state index in [9.17, 15) is 0 Å². The molecule has 0 fully saturated rings. The average molecular weight is 289 g/mol. The summed E-state index contributed by atoms with van der Waals surface area (Å²) in [6.07, 6.45) is 9.53. The Morgan fingerprint density at radius 3 is 2.90 bits per heavy atom. The van der Waals surface area contributed by atoms with Crippen LogP contribution in [0.5, 0.6) is 0 Å². The fourth-order valence-corrected chi connectivity index (χ4v) is 3.07. The van der Waals surface area contributed by atoms with E-state index in [-0.39, 0.29) is 0 Å². The molecule has 1 aromatic carbocycles. The zero-order valence-corrected chi connectivity index (χ0v) is 11.9. The summed E-state index contributed by atoms with van der Waals surface area (Å²) in [5, 5.41) is 2.14. The summed E-state index contributed by atoms with van der Waals surface area (Å²) in [5.41, 5.74) is 3.11. The van der Waals surface area contributed by atoms with Crippen molar-refractivity contribution in [2.24, 2.45) is 0 Å². The molecule has 0 spiro atoms. The molecule has 4 rings (SSSR count). The molecule has 3 nitrogen and oxygen atoms in total. The van der Waals surface area contributed by atoms with Gasteiger partial charge in [0.2, 0.25) is 0 Å². The lowest BCUT2D eigenvalue weighted by atomic mass is 10.1. The zero-order valence-electron chi connectivity index (χ0n) is 11.1. The molecule has 0 bridgehead atoms. The molecule has 4 aromatic rings. The van der Waals surface area contributed by atoms with Crippen molar-refractivity contribution in [3.63, 3.8) is 0 Å². The molecular weight excluding hydrogens is 278 g/mol. The summed E-state index contributed by atoms with van der Waals surface area (Å²) in [7, 11) is 0. The molecular formula is C17H11N3S. The molecule has 21 heavy (non-hydrogen) atoms. The van der Waals surface area contributed by atoms with Crippen LogP contribution in [0, 0.1) is 0 Å². The van der Waals surface area contributed by atoms with E-state index < -0.39 is 0 Å². The van der Waals surface area contributed by atoms with Gasteiger partial charge in [0.05, 0.1) is 16.4 Å². The average Bonchev–Trinajstić information content (AvgIpc) is 2.95. The van der Waals surface area contributed by atoms with Crippen LogP contribution in [-0.4, -0.2) is 15.0 Å². The molecule has 100 valence electrons. The van der Waals surface area contributed by atoms with E-state index in [0.29, 0.717) is 0 Å². The summed E-state index contributed by atoms with van der Waals surface area (Å²) >= 11 is 1.67. The van der Waals surface area contributed by atoms with E-state index in [4.69, 9.17) is 0 Å². The number of thiazole rings is 1. The summed E-state index contributed by atoms with van der Waals surface area (Å²) in [6.45, 7) is 0. The van der Waals surface area contributed by atoms with Gasteiger partial charge in [-0.3, -0.25) is 9.97 Å². The minimum absolute atomic E-state index is 0.949. The van der Waals surface area contributed by atoms with Crippen LogP contribution in [-0.2, 0) is 0 Å². The third-order valence-corrected chi connectivity index (χ3v) is 4.25. The molecule has 0 saturated carbocycles. The fraction of sp³-hybridized carbons (Fsp3) is 0. The van der Waals surface area contributed by atoms with Crippen LogP contribution in [0.25, 0.3) is 33.3 Å². The van der Waals surface area contributed by atoms with Gasteiger partial charge in [-0.15, -0.1) is 11.3 Å². The molecule has 0 unspecified atom stereocenters. The van der Waals surface area contributed by atoms with Crippen molar-refractivity contribution < 1.29 is 0 Å². The quantitative estimate of drug-likeness (QED) is 0.548. The second kappa shape index (κ2) is 5.07. The third-order valence-electron chi connectivity index (χ3n) is 3.25. The second-order valence-corrected chi connectivity index (χ2v) is 5.75. The number of rotatable bonds is 2. The molecule has 0 N–H and O–H groups in total. The lowest BCUT2D eigenvalue weighted by Crippen LogP contribution is -1.78. The van der Waals surface area contributed by atoms with Crippen LogP contribution in [0.3, 0.4) is 0 Å². The molecule has 0 amide bonds. The van der Waals surface area contributed by atoms with Crippen molar-refractivity contribution >= 4 is 44.6 Å². The number of hydrogen-bond acceptors (Lipinski definition) is 4. The predicted molar refractivity (Wildman–Crippen MR) is 88.1 cm³/mol. The molecule has 0 saturated heterocycles. The highest BCUT2D eigenvalue weighted by Gasteiger charge is 2.00. The third kappa shape index (κ3) is 2.41. The first-order valence-electron chi connectivity index (χ1n) is 6.62. The SMILES string of the molecule is C(=C\c1nc2cnccc2s1)/c1ccc2ncccc2c1. The summed E-state index contributed by atoms with van der Waals surface area (Å²) < 4.78 is 1.16. The van der Waals surface area contributed by atoms with Crippen LogP contribution in [0.4, 0.5) is 0 Å². The van der Waals surface area contributed by atoms with Crippen molar-refractivity contribution in [2.75, 3.05) is 0 Å². The van der Waals surface area contributed by atoms with Gasteiger partial charge in [0.1, 0.15) is 10.5 Å². The topological polar surface area (TPSA) is 38.7 Å². The van der Waals surface area contributed by atoms with Gasteiger partial charge in [-0.2, -0.15) is 0 Å². The molecule has 4 heteroatoms.